The Kier molecular flexibility index (Phi) is 5.35. The fourth-order valence-corrected chi connectivity index (χ4v) is 3.30. The second-order valence-electron chi connectivity index (χ2n) is 5.37. The third-order valence-corrected chi connectivity index (χ3v) is 4.28. The predicted molar refractivity (Wildman–Crippen MR) is 80.5 cm³/mol. The maximum atomic E-state index is 12.2. The number of nitrogens with one attached hydrogen (secondary N) is 2. The van der Waals surface area contributed by atoms with Gasteiger partial charge in [0.15, 0.2) is 5.82 Å². The molecule has 0 radical (unpaired) electrons. The number of carbonyl (C=O) groups is 1. The number of urea groups is 1. The van der Waals surface area contributed by atoms with Gasteiger partial charge in [0.2, 0.25) is 10.0 Å². The van der Waals surface area contributed by atoms with Gasteiger partial charge in [-0.15, -0.1) is 10.2 Å². The van der Waals surface area contributed by atoms with Gasteiger partial charge >= 0.3 is 6.03 Å². The van der Waals surface area contributed by atoms with Crippen LogP contribution in [0.5, 0.6) is 0 Å². The summed E-state index contributed by atoms with van der Waals surface area (Å²) in [5.74, 6) is 0.693. The van der Waals surface area contributed by atoms with Crippen LogP contribution in [-0.4, -0.2) is 59.5 Å². The van der Waals surface area contributed by atoms with Crippen molar-refractivity contribution in [3.63, 3.8) is 0 Å². The Hall–Kier alpha value is -1.68. The van der Waals surface area contributed by atoms with Gasteiger partial charge in [0.25, 0.3) is 0 Å². The molecule has 1 atom stereocenters. The van der Waals surface area contributed by atoms with E-state index in [0.29, 0.717) is 25.5 Å². The van der Waals surface area contributed by atoms with E-state index in [0.717, 1.165) is 25.6 Å². The number of aryl methyl sites for hydroxylation is 1. The lowest BCUT2D eigenvalue weighted by Crippen LogP contribution is -2.52. The van der Waals surface area contributed by atoms with Gasteiger partial charge in [-0.25, -0.2) is 17.9 Å². The van der Waals surface area contributed by atoms with Crippen LogP contribution in [0, 0.1) is 0 Å². The average molecular weight is 330 g/mol. The molecule has 2 rings (SSSR count). The zero-order chi connectivity index (χ0) is 16.2. The molecule has 0 aromatic carbocycles. The molecule has 2 heterocycles. The summed E-state index contributed by atoms with van der Waals surface area (Å²) in [6.45, 7) is 4.00. The van der Waals surface area contributed by atoms with Crippen molar-refractivity contribution in [3.8, 4) is 0 Å². The fourth-order valence-electron chi connectivity index (χ4n) is 2.51. The van der Waals surface area contributed by atoms with Crippen molar-refractivity contribution in [2.24, 2.45) is 0 Å². The Morgan fingerprint density at radius 1 is 1.50 bits per heavy atom. The molecule has 9 nitrogen and oxygen atoms in total. The van der Waals surface area contributed by atoms with E-state index in [1.165, 1.54) is 0 Å². The minimum absolute atomic E-state index is 0.217. The number of rotatable bonds is 5. The quantitative estimate of drug-likeness (QED) is 0.758. The largest absolute Gasteiger partial charge is 0.331 e. The molecule has 1 aliphatic heterocycles. The van der Waals surface area contributed by atoms with Crippen molar-refractivity contribution in [1.82, 2.24) is 29.7 Å². The lowest BCUT2D eigenvalue weighted by molar-refractivity contribution is 0.176. The molecular formula is C12H22N6O3S. The first-order chi connectivity index (χ1) is 10.4. The molecule has 1 aromatic rings. The number of amides is 2. The van der Waals surface area contributed by atoms with Crippen LogP contribution in [-0.2, 0) is 23.1 Å². The average Bonchev–Trinajstić information content (AvgIpc) is 2.90. The lowest BCUT2D eigenvalue weighted by atomic mass is 10.1. The summed E-state index contributed by atoms with van der Waals surface area (Å²) >= 11 is 0. The van der Waals surface area contributed by atoms with Gasteiger partial charge in [-0.05, 0) is 19.8 Å². The van der Waals surface area contributed by atoms with Gasteiger partial charge in [0.1, 0.15) is 6.33 Å². The smallest absolute Gasteiger partial charge is 0.317 e. The van der Waals surface area contributed by atoms with Gasteiger partial charge < -0.3 is 14.8 Å². The number of hydrogen-bond acceptors (Lipinski definition) is 5. The highest BCUT2D eigenvalue weighted by atomic mass is 32.2. The second-order valence-corrected chi connectivity index (χ2v) is 7.15. The molecule has 22 heavy (non-hydrogen) atoms. The Bertz CT molecular complexity index is 614. The van der Waals surface area contributed by atoms with E-state index in [4.69, 9.17) is 0 Å². The molecule has 10 heteroatoms. The number of piperidine rings is 1. The predicted octanol–water partition coefficient (Wildman–Crippen LogP) is -0.479. The van der Waals surface area contributed by atoms with Gasteiger partial charge in [-0.3, -0.25) is 0 Å². The van der Waals surface area contributed by atoms with Gasteiger partial charge in [-0.1, -0.05) is 0 Å². The van der Waals surface area contributed by atoms with E-state index in [-0.39, 0.29) is 12.1 Å². The number of aromatic nitrogens is 3. The Balaban J connectivity index is 1.87. The van der Waals surface area contributed by atoms with E-state index in [9.17, 15) is 13.2 Å². The minimum Gasteiger partial charge on any atom is -0.331 e. The fraction of sp³-hybridized carbons (Fsp3) is 0.750. The van der Waals surface area contributed by atoms with Crippen LogP contribution in [0.3, 0.4) is 0 Å². The van der Waals surface area contributed by atoms with Crippen LogP contribution in [0.15, 0.2) is 6.33 Å². The van der Waals surface area contributed by atoms with Crippen molar-refractivity contribution >= 4 is 16.1 Å². The van der Waals surface area contributed by atoms with Crippen LogP contribution in [0.2, 0.25) is 0 Å². The lowest BCUT2D eigenvalue weighted by Gasteiger charge is -2.32. The van der Waals surface area contributed by atoms with Crippen molar-refractivity contribution in [2.75, 3.05) is 19.3 Å². The first kappa shape index (κ1) is 16.7. The van der Waals surface area contributed by atoms with Crippen LogP contribution >= 0.6 is 0 Å². The zero-order valence-corrected chi connectivity index (χ0v) is 13.6. The first-order valence-electron chi connectivity index (χ1n) is 7.26. The second kappa shape index (κ2) is 7.05. The van der Waals surface area contributed by atoms with Gasteiger partial charge in [0.05, 0.1) is 12.8 Å². The molecule has 0 saturated carbocycles. The summed E-state index contributed by atoms with van der Waals surface area (Å²) in [5.41, 5.74) is 0. The third-order valence-electron chi connectivity index (χ3n) is 3.52. The summed E-state index contributed by atoms with van der Waals surface area (Å²) in [5, 5.41) is 10.6. The van der Waals surface area contributed by atoms with Crippen molar-refractivity contribution in [1.29, 1.82) is 0 Å². The summed E-state index contributed by atoms with van der Waals surface area (Å²) in [6.07, 6.45) is 4.25. The van der Waals surface area contributed by atoms with Crippen LogP contribution < -0.4 is 10.0 Å². The maximum absolute atomic E-state index is 12.2. The number of sulfonamides is 1. The van der Waals surface area contributed by atoms with E-state index in [1.807, 2.05) is 11.5 Å². The molecular weight excluding hydrogens is 308 g/mol. The molecule has 0 spiro atoms. The summed E-state index contributed by atoms with van der Waals surface area (Å²) in [4.78, 5) is 13.8. The van der Waals surface area contributed by atoms with Gasteiger partial charge in [-0.2, -0.15) is 0 Å². The van der Waals surface area contributed by atoms with E-state index >= 15 is 0 Å². The number of hydrogen-bond donors (Lipinski definition) is 2. The minimum atomic E-state index is -3.26. The summed E-state index contributed by atoms with van der Waals surface area (Å²) in [7, 11) is -3.26. The van der Waals surface area contributed by atoms with Crippen LogP contribution in [0.4, 0.5) is 4.79 Å². The number of carbonyl (C=O) groups excluding carboxylic acids is 1. The molecule has 2 N–H and O–H groups in total. The standard InChI is InChI=1S/C12H22N6O3S/c1-3-17-9-14-15-11(17)7-13-12(19)18-6-4-5-10(8-18)16-22(2,20)21/h9-10,16H,3-8H2,1-2H3,(H,13,19)/t10-/m0/s1. The van der Waals surface area contributed by atoms with Crippen LogP contribution in [0.25, 0.3) is 0 Å². The van der Waals surface area contributed by atoms with E-state index in [1.54, 1.807) is 11.2 Å². The number of likely N-dealkylation sites (tertiary alicyclic amines) is 1. The highest BCUT2D eigenvalue weighted by molar-refractivity contribution is 7.88. The van der Waals surface area contributed by atoms with Crippen molar-refractivity contribution in [3.05, 3.63) is 12.2 Å². The molecule has 1 aliphatic rings. The van der Waals surface area contributed by atoms with Crippen LogP contribution in [0.1, 0.15) is 25.6 Å². The highest BCUT2D eigenvalue weighted by Crippen LogP contribution is 2.11. The molecule has 1 fully saturated rings. The third kappa shape index (κ3) is 4.67. The Morgan fingerprint density at radius 3 is 2.95 bits per heavy atom. The van der Waals surface area contributed by atoms with E-state index < -0.39 is 10.0 Å². The van der Waals surface area contributed by atoms with E-state index in [2.05, 4.69) is 20.2 Å². The molecule has 1 saturated heterocycles. The Labute approximate surface area is 130 Å². The maximum Gasteiger partial charge on any atom is 0.317 e. The first-order valence-corrected chi connectivity index (χ1v) is 9.15. The summed E-state index contributed by atoms with van der Waals surface area (Å²) < 4.78 is 27.0. The molecule has 2 amide bonds. The zero-order valence-electron chi connectivity index (χ0n) is 12.8. The molecule has 0 bridgehead atoms. The monoisotopic (exact) mass is 330 g/mol. The topological polar surface area (TPSA) is 109 Å². The normalized spacial score (nSPS) is 19.2. The SMILES string of the molecule is CCn1cnnc1CNC(=O)N1CCC[C@H](NS(C)(=O)=O)C1. The van der Waals surface area contributed by atoms with Crippen molar-refractivity contribution in [2.45, 2.75) is 38.9 Å². The molecule has 1 aromatic heterocycles. The molecule has 0 aliphatic carbocycles. The highest BCUT2D eigenvalue weighted by Gasteiger charge is 2.25. The van der Waals surface area contributed by atoms with Crippen molar-refractivity contribution < 1.29 is 13.2 Å². The van der Waals surface area contributed by atoms with Gasteiger partial charge in [0, 0.05) is 25.7 Å². The molecule has 124 valence electrons. The number of nitrogens with zero attached hydrogens (tertiary/aromatic N) is 4. The summed E-state index contributed by atoms with van der Waals surface area (Å²) in [6, 6.07) is -0.445. The molecule has 0 unspecified atom stereocenters. The Morgan fingerprint density at radius 2 is 2.27 bits per heavy atom.